The van der Waals surface area contributed by atoms with Crippen LogP contribution in [0.15, 0.2) is 46.2 Å². The van der Waals surface area contributed by atoms with Gasteiger partial charge in [-0.3, -0.25) is 4.21 Å². The summed E-state index contributed by atoms with van der Waals surface area (Å²) in [6.07, 6.45) is 15.3. The third-order valence-corrected chi connectivity index (χ3v) is 12.9. The van der Waals surface area contributed by atoms with Crippen molar-refractivity contribution in [3.05, 3.63) is 57.6 Å². The molecule has 13 heteroatoms. The van der Waals surface area contributed by atoms with E-state index >= 15 is 0 Å². The molecular formula is C42H64Cl2N2O7S2. The molecule has 2 saturated heterocycles. The van der Waals surface area contributed by atoms with E-state index in [9.17, 15) is 22.2 Å². The molecule has 0 radical (unpaired) electrons. The first-order valence-corrected chi connectivity index (χ1v) is 23.9. The van der Waals surface area contributed by atoms with E-state index in [1.165, 1.54) is 24.7 Å². The third-order valence-electron chi connectivity index (χ3n) is 9.89. The van der Waals surface area contributed by atoms with Gasteiger partial charge in [0.1, 0.15) is 11.2 Å². The number of sulfone groups is 1. The average molecular weight is 844 g/mol. The molecule has 0 saturated carbocycles. The molecule has 9 nitrogen and oxygen atoms in total. The Kier molecular flexibility index (Phi) is 18.3. The number of rotatable bonds is 12. The third kappa shape index (κ3) is 17.4. The summed E-state index contributed by atoms with van der Waals surface area (Å²) < 4.78 is 45.7. The van der Waals surface area contributed by atoms with Gasteiger partial charge in [0.05, 0.1) is 30.6 Å². The SMILES string of the molecule is CC(C)(C)OC(=O)N1CCC(CCCCc2ccc(S(C)(=O)=O)c(Cl)c2)CC1.CS(=O)c1ccc(CCCCC2CCN(C(=O)OC(C)(C)C)CC2)cc1Cl. The quantitative estimate of drug-likeness (QED) is 0.196. The van der Waals surface area contributed by atoms with Crippen molar-refractivity contribution in [3.8, 4) is 0 Å². The maximum Gasteiger partial charge on any atom is 0.410 e. The molecule has 0 aromatic heterocycles. The maximum absolute atomic E-state index is 12.1. The highest BCUT2D eigenvalue weighted by Crippen LogP contribution is 2.28. The van der Waals surface area contributed by atoms with Crippen LogP contribution in [0.5, 0.6) is 0 Å². The van der Waals surface area contributed by atoms with E-state index in [-0.39, 0.29) is 17.1 Å². The summed E-state index contributed by atoms with van der Waals surface area (Å²) >= 11 is 12.3. The summed E-state index contributed by atoms with van der Waals surface area (Å²) in [5.74, 6) is 1.34. The molecule has 0 bridgehead atoms. The van der Waals surface area contributed by atoms with Crippen LogP contribution in [0.2, 0.25) is 10.0 Å². The Bertz CT molecular complexity index is 1690. The van der Waals surface area contributed by atoms with Crippen LogP contribution < -0.4 is 0 Å². The highest BCUT2D eigenvalue weighted by Gasteiger charge is 2.28. The van der Waals surface area contributed by atoms with Crippen molar-refractivity contribution in [2.75, 3.05) is 38.7 Å². The molecule has 2 fully saturated rings. The predicted octanol–water partition coefficient (Wildman–Crippen LogP) is 10.5. The lowest BCUT2D eigenvalue weighted by atomic mass is 9.91. The number of benzene rings is 2. The normalized spacial score (nSPS) is 16.6. The Hall–Kier alpha value is -2.34. The number of hydrogen-bond donors (Lipinski definition) is 0. The zero-order chi connectivity index (χ0) is 41.0. The summed E-state index contributed by atoms with van der Waals surface area (Å²) in [6.45, 7) is 14.5. The lowest BCUT2D eigenvalue weighted by Crippen LogP contribution is -2.41. The van der Waals surface area contributed by atoms with E-state index < -0.39 is 31.8 Å². The molecule has 2 aliphatic heterocycles. The molecule has 2 aromatic rings. The van der Waals surface area contributed by atoms with Crippen LogP contribution in [-0.2, 0) is 43.0 Å². The second-order valence-electron chi connectivity index (χ2n) is 17.1. The molecular weight excluding hydrogens is 780 g/mol. The molecule has 1 unspecified atom stereocenters. The van der Waals surface area contributed by atoms with Crippen molar-refractivity contribution < 1.29 is 31.7 Å². The van der Waals surface area contributed by atoms with Crippen molar-refractivity contribution in [1.29, 1.82) is 0 Å². The van der Waals surface area contributed by atoms with E-state index in [4.69, 9.17) is 32.7 Å². The van der Waals surface area contributed by atoms with Crippen LogP contribution in [0.25, 0.3) is 0 Å². The molecule has 1 atom stereocenters. The fourth-order valence-electron chi connectivity index (χ4n) is 6.92. The summed E-state index contributed by atoms with van der Waals surface area (Å²) in [7, 11) is -4.32. The number of carbonyl (C=O) groups is 2. The first-order chi connectivity index (χ1) is 25.6. The Morgan fingerprint density at radius 3 is 1.45 bits per heavy atom. The fourth-order valence-corrected chi connectivity index (χ4v) is 9.39. The van der Waals surface area contributed by atoms with Gasteiger partial charge in [0, 0.05) is 38.7 Å². The number of unbranched alkanes of at least 4 members (excludes halogenated alkanes) is 2. The van der Waals surface area contributed by atoms with E-state index in [0.29, 0.717) is 26.8 Å². The van der Waals surface area contributed by atoms with Gasteiger partial charge in [-0.05, 0) is 140 Å². The molecule has 0 spiro atoms. The minimum Gasteiger partial charge on any atom is -0.444 e. The fraction of sp³-hybridized carbons (Fsp3) is 0.667. The monoisotopic (exact) mass is 842 g/mol. The highest BCUT2D eigenvalue weighted by atomic mass is 35.5. The van der Waals surface area contributed by atoms with Crippen LogP contribution in [-0.4, -0.2) is 84.5 Å². The summed E-state index contributed by atoms with van der Waals surface area (Å²) in [6, 6.07) is 11.1. The Labute approximate surface area is 343 Å². The second kappa shape index (κ2) is 21.4. The van der Waals surface area contributed by atoms with Crippen molar-refractivity contribution in [2.24, 2.45) is 11.8 Å². The first kappa shape index (κ1) is 47.0. The topological polar surface area (TPSA) is 110 Å². The van der Waals surface area contributed by atoms with Crippen molar-refractivity contribution >= 4 is 56.0 Å². The van der Waals surface area contributed by atoms with E-state index in [1.807, 2.05) is 75.6 Å². The zero-order valence-corrected chi connectivity index (χ0v) is 37.4. The minimum atomic E-state index is -3.28. The standard InChI is InChI=1S/C21H32ClNO4S.C21H32ClNO3S/c1-21(2,3)27-20(24)23-13-11-16(12-14-23)7-5-6-8-17-9-10-19(18(22)15-17)28(4,25)26;1-21(2,3)26-20(24)23-13-11-16(12-14-23)7-5-6-8-17-9-10-19(27(4)25)18(22)15-17/h9-10,15-16H,5-8,11-14H2,1-4H3;9-10,15-16H,5-8,11-14H2,1-4H3. The molecule has 310 valence electrons. The summed E-state index contributed by atoms with van der Waals surface area (Å²) in [5.41, 5.74) is 1.39. The van der Waals surface area contributed by atoms with E-state index in [1.54, 1.807) is 18.4 Å². The largest absolute Gasteiger partial charge is 0.444 e. The van der Waals surface area contributed by atoms with Crippen molar-refractivity contribution in [2.45, 2.75) is 140 Å². The summed E-state index contributed by atoms with van der Waals surface area (Å²) in [5, 5.41) is 0.900. The maximum atomic E-state index is 12.1. The number of hydrogen-bond acceptors (Lipinski definition) is 7. The lowest BCUT2D eigenvalue weighted by Gasteiger charge is -2.33. The molecule has 2 amide bonds. The average Bonchev–Trinajstić information content (AvgIpc) is 3.07. The van der Waals surface area contributed by atoms with Gasteiger partial charge in [0.25, 0.3) is 0 Å². The number of amides is 2. The van der Waals surface area contributed by atoms with Gasteiger partial charge in [0.2, 0.25) is 0 Å². The number of likely N-dealkylation sites (tertiary alicyclic amines) is 2. The number of ether oxygens (including phenoxy) is 2. The number of nitrogens with zero attached hydrogens (tertiary/aromatic N) is 2. The van der Waals surface area contributed by atoms with Gasteiger partial charge < -0.3 is 19.3 Å². The number of halogens is 2. The highest BCUT2D eigenvalue weighted by molar-refractivity contribution is 7.90. The predicted molar refractivity (Wildman–Crippen MR) is 225 cm³/mol. The lowest BCUT2D eigenvalue weighted by molar-refractivity contribution is 0.0170. The molecule has 0 aliphatic carbocycles. The van der Waals surface area contributed by atoms with Crippen LogP contribution >= 0.6 is 23.2 Å². The number of piperidine rings is 2. The molecule has 2 heterocycles. The smallest absolute Gasteiger partial charge is 0.410 e. The number of aryl methyl sites for hydroxylation is 2. The molecule has 4 rings (SSSR count). The molecule has 2 aliphatic rings. The number of carbonyl (C=O) groups excluding carboxylic acids is 2. The van der Waals surface area contributed by atoms with Gasteiger partial charge in [-0.25, -0.2) is 18.0 Å². The Morgan fingerprint density at radius 1 is 0.709 bits per heavy atom. The Balaban J connectivity index is 0.000000296. The van der Waals surface area contributed by atoms with Crippen molar-refractivity contribution in [1.82, 2.24) is 9.80 Å². The van der Waals surface area contributed by atoms with E-state index in [2.05, 4.69) is 0 Å². The molecule has 55 heavy (non-hydrogen) atoms. The van der Waals surface area contributed by atoms with Gasteiger partial charge in [-0.1, -0.05) is 61.0 Å². The van der Waals surface area contributed by atoms with Crippen LogP contribution in [0, 0.1) is 11.8 Å². The van der Waals surface area contributed by atoms with Crippen molar-refractivity contribution in [3.63, 3.8) is 0 Å². The zero-order valence-electron chi connectivity index (χ0n) is 34.3. The Morgan fingerprint density at radius 2 is 1.11 bits per heavy atom. The summed E-state index contributed by atoms with van der Waals surface area (Å²) in [4.78, 5) is 28.8. The van der Waals surface area contributed by atoms with Crippen LogP contribution in [0.4, 0.5) is 9.59 Å². The molecule has 0 N–H and O–H groups in total. The van der Waals surface area contributed by atoms with E-state index in [0.717, 1.165) is 96.0 Å². The van der Waals surface area contributed by atoms with Gasteiger partial charge in [-0.2, -0.15) is 0 Å². The minimum absolute atomic E-state index is 0.186. The second-order valence-corrected chi connectivity index (χ2v) is 21.2. The van der Waals surface area contributed by atoms with Gasteiger partial charge >= 0.3 is 12.2 Å². The first-order valence-electron chi connectivity index (χ1n) is 19.7. The van der Waals surface area contributed by atoms with Crippen LogP contribution in [0.3, 0.4) is 0 Å². The molecule has 2 aromatic carbocycles. The van der Waals surface area contributed by atoms with Gasteiger partial charge in [-0.15, -0.1) is 0 Å². The van der Waals surface area contributed by atoms with Gasteiger partial charge in [0.15, 0.2) is 9.84 Å². The van der Waals surface area contributed by atoms with Crippen LogP contribution in [0.1, 0.15) is 117 Å².